The van der Waals surface area contributed by atoms with Crippen LogP contribution in [0.25, 0.3) is 0 Å². The summed E-state index contributed by atoms with van der Waals surface area (Å²) in [6, 6.07) is 8.63. The van der Waals surface area contributed by atoms with Crippen LogP contribution in [-0.4, -0.2) is 26.3 Å². The van der Waals surface area contributed by atoms with Gasteiger partial charge in [-0.1, -0.05) is 24.3 Å². The maximum atomic E-state index is 3.34. The molecule has 0 aromatic heterocycles. The molecule has 3 heteroatoms. The molecule has 0 atom stereocenters. The van der Waals surface area contributed by atoms with Crippen molar-refractivity contribution in [2.24, 2.45) is 0 Å². The van der Waals surface area contributed by atoms with E-state index in [1.165, 1.54) is 17.5 Å². The predicted octanol–water partition coefficient (Wildman–Crippen LogP) is 0.469. The molecule has 15 heavy (non-hydrogen) atoms. The Hall–Kier alpha value is -0.900. The lowest BCUT2D eigenvalue weighted by atomic mass is 10.0. The molecule has 3 nitrogen and oxygen atoms in total. The lowest BCUT2D eigenvalue weighted by molar-refractivity contribution is 0.644. The molecule has 1 aromatic rings. The molecular weight excluding hydrogens is 186 g/mol. The molecule has 0 bridgehead atoms. The van der Waals surface area contributed by atoms with Crippen LogP contribution in [0, 0.1) is 0 Å². The highest BCUT2D eigenvalue weighted by molar-refractivity contribution is 5.28. The lowest BCUT2D eigenvalue weighted by Crippen LogP contribution is -2.23. The normalized spacial score (nSPS) is 18.9. The van der Waals surface area contributed by atoms with Crippen LogP contribution in [0.3, 0.4) is 0 Å². The van der Waals surface area contributed by atoms with Gasteiger partial charge in [0, 0.05) is 26.3 Å². The van der Waals surface area contributed by atoms with E-state index in [-0.39, 0.29) is 0 Å². The van der Waals surface area contributed by atoms with Crippen molar-refractivity contribution in [1.29, 1.82) is 0 Å². The van der Waals surface area contributed by atoms with Crippen LogP contribution in [0.5, 0.6) is 0 Å². The minimum Gasteiger partial charge on any atom is -0.312 e. The average molecular weight is 205 g/mol. The summed E-state index contributed by atoms with van der Waals surface area (Å²) in [5.41, 5.74) is 2.98. The fourth-order valence-corrected chi connectivity index (χ4v) is 1.86. The van der Waals surface area contributed by atoms with E-state index in [4.69, 9.17) is 0 Å². The number of benzene rings is 1. The molecule has 0 amide bonds. The van der Waals surface area contributed by atoms with E-state index < -0.39 is 0 Å². The number of nitrogens with one attached hydrogen (secondary N) is 3. The van der Waals surface area contributed by atoms with Gasteiger partial charge in [-0.2, -0.15) is 0 Å². The van der Waals surface area contributed by atoms with E-state index in [0.29, 0.717) is 0 Å². The molecule has 1 fully saturated rings. The Labute approximate surface area is 91.3 Å². The first kappa shape index (κ1) is 10.6. The van der Waals surface area contributed by atoms with Gasteiger partial charge < -0.3 is 16.0 Å². The zero-order valence-electron chi connectivity index (χ0n) is 9.05. The first-order valence-electron chi connectivity index (χ1n) is 5.66. The van der Waals surface area contributed by atoms with E-state index in [9.17, 15) is 0 Å². The molecule has 0 radical (unpaired) electrons. The second kappa shape index (κ2) is 5.85. The zero-order chi connectivity index (χ0) is 10.3. The Bertz CT molecular complexity index is 262. The Balaban J connectivity index is 0.000000144. The molecule has 0 saturated carbocycles. The number of fused-ring (bicyclic) bond motifs is 1. The molecule has 0 aliphatic carbocycles. The summed E-state index contributed by atoms with van der Waals surface area (Å²) in [6.07, 6.45) is 1.19. The average Bonchev–Trinajstić information content (AvgIpc) is 2.88. The molecule has 3 rings (SSSR count). The SMILES string of the molecule is C1CNCN1.c1ccc2c(c1)CCNC2. The summed E-state index contributed by atoms with van der Waals surface area (Å²) in [5.74, 6) is 0. The van der Waals surface area contributed by atoms with Gasteiger partial charge in [0.05, 0.1) is 0 Å². The van der Waals surface area contributed by atoms with Crippen LogP contribution in [0.15, 0.2) is 24.3 Å². The predicted molar refractivity (Wildman–Crippen MR) is 62.7 cm³/mol. The van der Waals surface area contributed by atoms with Crippen molar-refractivity contribution < 1.29 is 0 Å². The van der Waals surface area contributed by atoms with Crippen LogP contribution >= 0.6 is 0 Å². The first-order chi connectivity index (χ1) is 7.47. The van der Waals surface area contributed by atoms with Gasteiger partial charge in [0.2, 0.25) is 0 Å². The first-order valence-corrected chi connectivity index (χ1v) is 5.66. The van der Waals surface area contributed by atoms with Gasteiger partial charge in [-0.25, -0.2) is 0 Å². The van der Waals surface area contributed by atoms with Crippen LogP contribution < -0.4 is 16.0 Å². The Morgan fingerprint density at radius 3 is 2.13 bits per heavy atom. The fraction of sp³-hybridized carbons (Fsp3) is 0.500. The van der Waals surface area contributed by atoms with Crippen molar-refractivity contribution in [3.05, 3.63) is 35.4 Å². The quantitative estimate of drug-likeness (QED) is 0.576. The Kier molecular flexibility index (Phi) is 4.14. The zero-order valence-corrected chi connectivity index (χ0v) is 9.05. The molecule has 1 aromatic carbocycles. The van der Waals surface area contributed by atoms with Crippen molar-refractivity contribution in [2.75, 3.05) is 26.3 Å². The van der Waals surface area contributed by atoms with Crippen molar-refractivity contribution in [1.82, 2.24) is 16.0 Å². The highest BCUT2D eigenvalue weighted by Crippen LogP contribution is 2.11. The third-order valence-corrected chi connectivity index (χ3v) is 2.73. The topological polar surface area (TPSA) is 36.1 Å². The second-order valence-electron chi connectivity index (χ2n) is 3.87. The van der Waals surface area contributed by atoms with Crippen LogP contribution in [0.4, 0.5) is 0 Å². The minimum absolute atomic E-state index is 1.00. The minimum atomic E-state index is 1.00. The number of hydrogen-bond acceptors (Lipinski definition) is 3. The molecular formula is C12H19N3. The summed E-state index contributed by atoms with van der Waals surface area (Å²) in [4.78, 5) is 0. The summed E-state index contributed by atoms with van der Waals surface area (Å²) >= 11 is 0. The summed E-state index contributed by atoms with van der Waals surface area (Å²) in [6.45, 7) is 5.47. The largest absolute Gasteiger partial charge is 0.312 e. The standard InChI is InChI=1S/C9H11N.C3H8N2/c1-2-4-9-7-10-6-5-8(9)3-1;1-2-5-3-4-1/h1-4,10H,5-7H2;4-5H,1-3H2. The Morgan fingerprint density at radius 1 is 0.800 bits per heavy atom. The summed E-state index contributed by atoms with van der Waals surface area (Å²) in [7, 11) is 0. The van der Waals surface area contributed by atoms with E-state index in [0.717, 1.165) is 32.8 Å². The molecule has 3 N–H and O–H groups in total. The summed E-state index contributed by atoms with van der Waals surface area (Å²) < 4.78 is 0. The molecule has 1 saturated heterocycles. The lowest BCUT2D eigenvalue weighted by Gasteiger charge is -2.15. The maximum Gasteiger partial charge on any atom is 0.0455 e. The van der Waals surface area contributed by atoms with Gasteiger partial charge in [0.25, 0.3) is 0 Å². The fourth-order valence-electron chi connectivity index (χ4n) is 1.86. The molecule has 0 unspecified atom stereocenters. The van der Waals surface area contributed by atoms with Crippen LogP contribution in [0.2, 0.25) is 0 Å². The van der Waals surface area contributed by atoms with Crippen molar-refractivity contribution in [3.8, 4) is 0 Å². The monoisotopic (exact) mass is 205 g/mol. The van der Waals surface area contributed by atoms with Gasteiger partial charge in [-0.15, -0.1) is 0 Å². The molecule has 2 heterocycles. The third-order valence-electron chi connectivity index (χ3n) is 2.73. The molecule has 2 aliphatic rings. The van der Waals surface area contributed by atoms with Gasteiger partial charge in [-0.3, -0.25) is 0 Å². The molecule has 0 spiro atoms. The van der Waals surface area contributed by atoms with Crippen LogP contribution in [-0.2, 0) is 13.0 Å². The number of rotatable bonds is 0. The van der Waals surface area contributed by atoms with Crippen molar-refractivity contribution >= 4 is 0 Å². The number of hydrogen-bond donors (Lipinski definition) is 3. The summed E-state index contributed by atoms with van der Waals surface area (Å²) in [5, 5.41) is 9.56. The van der Waals surface area contributed by atoms with E-state index in [1.54, 1.807) is 0 Å². The second-order valence-corrected chi connectivity index (χ2v) is 3.87. The van der Waals surface area contributed by atoms with Crippen LogP contribution in [0.1, 0.15) is 11.1 Å². The highest BCUT2D eigenvalue weighted by atomic mass is 15.1. The van der Waals surface area contributed by atoms with E-state index in [2.05, 4.69) is 40.2 Å². The molecule has 82 valence electrons. The van der Waals surface area contributed by atoms with Crippen molar-refractivity contribution in [3.63, 3.8) is 0 Å². The van der Waals surface area contributed by atoms with Gasteiger partial charge in [0.1, 0.15) is 0 Å². The van der Waals surface area contributed by atoms with E-state index in [1.807, 2.05) is 0 Å². The van der Waals surface area contributed by atoms with Gasteiger partial charge in [0.15, 0.2) is 0 Å². The smallest absolute Gasteiger partial charge is 0.0455 e. The maximum absolute atomic E-state index is 3.34. The van der Waals surface area contributed by atoms with Crippen molar-refractivity contribution in [2.45, 2.75) is 13.0 Å². The Morgan fingerprint density at radius 2 is 1.53 bits per heavy atom. The van der Waals surface area contributed by atoms with E-state index >= 15 is 0 Å². The molecule has 2 aliphatic heterocycles. The van der Waals surface area contributed by atoms with Gasteiger partial charge in [-0.05, 0) is 24.1 Å². The third kappa shape index (κ3) is 3.30. The van der Waals surface area contributed by atoms with Gasteiger partial charge >= 0.3 is 0 Å². The highest BCUT2D eigenvalue weighted by Gasteiger charge is 2.05.